The first-order valence-electron chi connectivity index (χ1n) is 9.97. The topological polar surface area (TPSA) is 148 Å². The molecule has 0 aliphatic rings. The summed E-state index contributed by atoms with van der Waals surface area (Å²) in [4.78, 5) is 48.4. The van der Waals surface area contributed by atoms with Gasteiger partial charge in [0.15, 0.2) is 0 Å². The molecule has 0 saturated heterocycles. The Labute approximate surface area is 181 Å². The highest BCUT2D eigenvalue weighted by Crippen LogP contribution is 2.16. The zero-order valence-electron chi connectivity index (χ0n) is 18.1. The van der Waals surface area contributed by atoms with Gasteiger partial charge in [-0.15, -0.1) is 0 Å². The number of ether oxygens (including phenoxy) is 2. The third-order valence-electron chi connectivity index (χ3n) is 4.02. The average molecular weight is 437 g/mol. The standard InChI is InChI=1S/C21H31N3O7/c1-21(2,3)31-20(29)24(17(25)13-22)16(18(26)27)11-7-8-12-23-19(28)30-14-15-9-5-4-6-10-15/h4-6,9-10,16H,7-8,11-14,22H2,1-3H3,(H,23,28)(H,26,27)/t16-/m0/s1. The van der Waals surface area contributed by atoms with E-state index in [-0.39, 0.29) is 19.6 Å². The molecule has 172 valence electrons. The maximum absolute atomic E-state index is 12.4. The number of carboxylic acids is 1. The lowest BCUT2D eigenvalue weighted by Gasteiger charge is -2.29. The van der Waals surface area contributed by atoms with Gasteiger partial charge in [0.05, 0.1) is 6.54 Å². The number of carbonyl (C=O) groups excluding carboxylic acids is 3. The highest BCUT2D eigenvalue weighted by atomic mass is 16.6. The molecule has 0 aliphatic heterocycles. The fourth-order valence-electron chi connectivity index (χ4n) is 2.60. The van der Waals surface area contributed by atoms with E-state index >= 15 is 0 Å². The van der Waals surface area contributed by atoms with Gasteiger partial charge in [0, 0.05) is 6.54 Å². The molecule has 4 N–H and O–H groups in total. The molecule has 0 unspecified atom stereocenters. The molecule has 1 atom stereocenters. The van der Waals surface area contributed by atoms with E-state index in [2.05, 4.69) is 5.32 Å². The maximum Gasteiger partial charge on any atom is 0.417 e. The number of benzene rings is 1. The molecule has 0 aromatic heterocycles. The van der Waals surface area contributed by atoms with E-state index in [0.29, 0.717) is 17.7 Å². The number of nitrogens with one attached hydrogen (secondary N) is 1. The molecular weight excluding hydrogens is 406 g/mol. The number of unbranched alkanes of at least 4 members (excludes halogenated alkanes) is 1. The van der Waals surface area contributed by atoms with Crippen molar-refractivity contribution in [2.45, 2.75) is 58.3 Å². The third-order valence-corrected chi connectivity index (χ3v) is 4.02. The summed E-state index contributed by atoms with van der Waals surface area (Å²) in [5.41, 5.74) is 5.29. The second-order valence-corrected chi connectivity index (χ2v) is 7.79. The Morgan fingerprint density at radius 3 is 2.32 bits per heavy atom. The Morgan fingerprint density at radius 2 is 1.77 bits per heavy atom. The van der Waals surface area contributed by atoms with Crippen molar-refractivity contribution in [2.24, 2.45) is 5.73 Å². The molecule has 1 aromatic carbocycles. The molecule has 0 fully saturated rings. The molecule has 10 nitrogen and oxygen atoms in total. The van der Waals surface area contributed by atoms with E-state index in [1.807, 2.05) is 30.3 Å². The molecule has 0 saturated carbocycles. The SMILES string of the molecule is CC(C)(C)OC(=O)N(C(=O)CN)[C@@H](CCCCNC(=O)OCc1ccccc1)C(=O)O. The number of carbonyl (C=O) groups is 4. The van der Waals surface area contributed by atoms with Crippen molar-refractivity contribution in [3.63, 3.8) is 0 Å². The lowest BCUT2D eigenvalue weighted by molar-refractivity contribution is -0.149. The fraction of sp³-hybridized carbons (Fsp3) is 0.524. The zero-order valence-corrected chi connectivity index (χ0v) is 18.1. The quantitative estimate of drug-likeness (QED) is 0.472. The minimum atomic E-state index is -1.42. The summed E-state index contributed by atoms with van der Waals surface area (Å²) in [6.45, 7) is 4.67. The van der Waals surface area contributed by atoms with Crippen LogP contribution in [-0.2, 0) is 25.7 Å². The van der Waals surface area contributed by atoms with Gasteiger partial charge >= 0.3 is 18.2 Å². The van der Waals surface area contributed by atoms with Crippen molar-refractivity contribution in [1.82, 2.24) is 10.2 Å². The van der Waals surface area contributed by atoms with Crippen LogP contribution in [0.1, 0.15) is 45.6 Å². The van der Waals surface area contributed by atoms with E-state index in [0.717, 1.165) is 5.56 Å². The molecule has 0 heterocycles. The summed E-state index contributed by atoms with van der Waals surface area (Å²) in [6.07, 6.45) is -0.914. The number of hydrogen-bond acceptors (Lipinski definition) is 7. The largest absolute Gasteiger partial charge is 0.480 e. The van der Waals surface area contributed by atoms with Crippen molar-refractivity contribution >= 4 is 24.1 Å². The highest BCUT2D eigenvalue weighted by molar-refractivity contribution is 5.97. The fourth-order valence-corrected chi connectivity index (χ4v) is 2.60. The summed E-state index contributed by atoms with van der Waals surface area (Å²) < 4.78 is 10.2. The van der Waals surface area contributed by atoms with Gasteiger partial charge in [0.2, 0.25) is 5.91 Å². The first-order valence-corrected chi connectivity index (χ1v) is 9.97. The zero-order chi connectivity index (χ0) is 23.4. The Hall–Kier alpha value is -3.14. The summed E-state index contributed by atoms with van der Waals surface area (Å²) in [7, 11) is 0. The van der Waals surface area contributed by atoms with Crippen LogP contribution in [-0.4, -0.2) is 58.8 Å². The van der Waals surface area contributed by atoms with E-state index in [1.54, 1.807) is 20.8 Å². The lowest BCUT2D eigenvalue weighted by atomic mass is 10.1. The molecule has 3 amide bonds. The van der Waals surface area contributed by atoms with Crippen LogP contribution in [0.3, 0.4) is 0 Å². The number of hydrogen-bond donors (Lipinski definition) is 3. The predicted molar refractivity (Wildman–Crippen MR) is 112 cm³/mol. The van der Waals surface area contributed by atoms with Gasteiger partial charge in [-0.25, -0.2) is 19.3 Å². The van der Waals surface area contributed by atoms with E-state index in [4.69, 9.17) is 15.2 Å². The number of amides is 3. The summed E-state index contributed by atoms with van der Waals surface area (Å²) >= 11 is 0. The first-order chi connectivity index (χ1) is 14.5. The second-order valence-electron chi connectivity index (χ2n) is 7.79. The van der Waals surface area contributed by atoms with Gasteiger partial charge in [0.1, 0.15) is 18.2 Å². The Balaban J connectivity index is 2.52. The third kappa shape index (κ3) is 9.94. The predicted octanol–water partition coefficient (Wildman–Crippen LogP) is 2.26. The van der Waals surface area contributed by atoms with Crippen molar-refractivity contribution in [1.29, 1.82) is 0 Å². The van der Waals surface area contributed by atoms with Crippen LogP contribution in [0, 0.1) is 0 Å². The van der Waals surface area contributed by atoms with Crippen LogP contribution in [0.15, 0.2) is 30.3 Å². The number of aliphatic carboxylic acids is 1. The Bertz CT molecular complexity index is 747. The highest BCUT2D eigenvalue weighted by Gasteiger charge is 2.36. The van der Waals surface area contributed by atoms with Crippen LogP contribution in [0.4, 0.5) is 9.59 Å². The van der Waals surface area contributed by atoms with E-state index in [1.165, 1.54) is 0 Å². The molecule has 10 heteroatoms. The van der Waals surface area contributed by atoms with Gasteiger partial charge in [0.25, 0.3) is 0 Å². The van der Waals surface area contributed by atoms with Crippen molar-refractivity contribution in [3.8, 4) is 0 Å². The number of carboxylic acid groups (broad SMARTS) is 1. The minimum absolute atomic E-state index is 0.0128. The van der Waals surface area contributed by atoms with Crippen LogP contribution < -0.4 is 11.1 Å². The van der Waals surface area contributed by atoms with E-state index < -0.39 is 42.3 Å². The average Bonchev–Trinajstić information content (AvgIpc) is 2.69. The summed E-state index contributed by atoms with van der Waals surface area (Å²) in [5, 5.41) is 12.1. The number of alkyl carbamates (subject to hydrolysis) is 1. The number of rotatable bonds is 10. The molecule has 0 aliphatic carbocycles. The first kappa shape index (κ1) is 25.9. The lowest BCUT2D eigenvalue weighted by Crippen LogP contribution is -2.52. The van der Waals surface area contributed by atoms with Crippen molar-refractivity contribution in [2.75, 3.05) is 13.1 Å². The van der Waals surface area contributed by atoms with Gasteiger partial charge in [-0.2, -0.15) is 0 Å². The van der Waals surface area contributed by atoms with Crippen LogP contribution in [0.2, 0.25) is 0 Å². The molecule has 0 bridgehead atoms. The van der Waals surface area contributed by atoms with E-state index in [9.17, 15) is 24.3 Å². The maximum atomic E-state index is 12.4. The monoisotopic (exact) mass is 437 g/mol. The summed E-state index contributed by atoms with van der Waals surface area (Å²) in [5.74, 6) is -2.19. The molecule has 31 heavy (non-hydrogen) atoms. The normalized spacial score (nSPS) is 11.9. The minimum Gasteiger partial charge on any atom is -0.480 e. The van der Waals surface area contributed by atoms with Gasteiger partial charge in [-0.3, -0.25) is 4.79 Å². The molecular formula is C21H31N3O7. The molecule has 1 aromatic rings. The number of nitrogens with zero attached hydrogens (tertiary/aromatic N) is 1. The Kier molecular flexibility index (Phi) is 10.5. The van der Waals surface area contributed by atoms with Crippen LogP contribution in [0.25, 0.3) is 0 Å². The van der Waals surface area contributed by atoms with Crippen LogP contribution >= 0.6 is 0 Å². The molecule has 1 rings (SSSR count). The number of imide groups is 1. The molecule has 0 spiro atoms. The summed E-state index contributed by atoms with van der Waals surface area (Å²) in [6, 6.07) is 7.78. The van der Waals surface area contributed by atoms with Crippen molar-refractivity contribution in [3.05, 3.63) is 35.9 Å². The second kappa shape index (κ2) is 12.5. The van der Waals surface area contributed by atoms with Crippen LogP contribution in [0.5, 0.6) is 0 Å². The Morgan fingerprint density at radius 1 is 1.13 bits per heavy atom. The van der Waals surface area contributed by atoms with Crippen molar-refractivity contribution < 1.29 is 33.8 Å². The van der Waals surface area contributed by atoms with Gasteiger partial charge in [-0.1, -0.05) is 30.3 Å². The molecule has 0 radical (unpaired) electrons. The van der Waals surface area contributed by atoms with Gasteiger partial charge < -0.3 is 25.6 Å². The number of nitrogens with two attached hydrogens (primary N) is 1. The van der Waals surface area contributed by atoms with Gasteiger partial charge in [-0.05, 0) is 45.6 Å². The smallest absolute Gasteiger partial charge is 0.417 e.